The number of anilines is 1. The Balaban J connectivity index is 1.98. The summed E-state index contributed by atoms with van der Waals surface area (Å²) < 4.78 is 16.7. The molecule has 0 fully saturated rings. The molecular formula is C22H22Cl2IN3O6. The van der Waals surface area contributed by atoms with Crippen molar-refractivity contribution in [2.45, 2.75) is 20.3 Å². The first kappa shape index (κ1) is 27.7. The van der Waals surface area contributed by atoms with Crippen LogP contribution in [-0.4, -0.2) is 43.8 Å². The average Bonchev–Trinajstić information content (AvgIpc) is 2.76. The van der Waals surface area contributed by atoms with Gasteiger partial charge in [0.25, 0.3) is 0 Å². The highest BCUT2D eigenvalue weighted by Crippen LogP contribution is 2.34. The second kappa shape index (κ2) is 14.0. The van der Waals surface area contributed by atoms with Crippen molar-refractivity contribution in [3.8, 4) is 11.5 Å². The summed E-state index contributed by atoms with van der Waals surface area (Å²) in [4.78, 5) is 35.7. The van der Waals surface area contributed by atoms with Crippen molar-refractivity contribution in [2.24, 2.45) is 5.10 Å². The third kappa shape index (κ3) is 8.65. The zero-order valence-corrected chi connectivity index (χ0v) is 22.0. The quantitative estimate of drug-likeness (QED) is 0.126. The van der Waals surface area contributed by atoms with Crippen LogP contribution in [0, 0.1) is 3.57 Å². The number of rotatable bonds is 11. The van der Waals surface area contributed by atoms with Gasteiger partial charge in [0.2, 0.25) is 11.8 Å². The minimum absolute atomic E-state index is 0.185. The lowest BCUT2D eigenvalue weighted by molar-refractivity contribution is -0.145. The summed E-state index contributed by atoms with van der Waals surface area (Å²) in [6.45, 7) is 3.89. The Kier molecular flexibility index (Phi) is 11.4. The number of hydrazone groups is 1. The molecule has 9 nitrogen and oxygen atoms in total. The van der Waals surface area contributed by atoms with E-state index in [4.69, 9.17) is 37.4 Å². The Morgan fingerprint density at radius 3 is 2.56 bits per heavy atom. The molecule has 0 saturated carbocycles. The minimum atomic E-state index is -0.624. The molecular weight excluding hydrogens is 600 g/mol. The van der Waals surface area contributed by atoms with Crippen LogP contribution in [0.5, 0.6) is 11.5 Å². The molecule has 2 aromatic carbocycles. The summed E-state index contributed by atoms with van der Waals surface area (Å²) in [5, 5.41) is 6.87. The van der Waals surface area contributed by atoms with Crippen molar-refractivity contribution in [3.05, 3.63) is 49.5 Å². The summed E-state index contributed by atoms with van der Waals surface area (Å²) >= 11 is 14.0. The van der Waals surface area contributed by atoms with E-state index in [0.29, 0.717) is 32.9 Å². The Morgan fingerprint density at radius 2 is 1.85 bits per heavy atom. The number of nitrogens with zero attached hydrogens (tertiary/aromatic N) is 1. The van der Waals surface area contributed by atoms with E-state index in [2.05, 4.69) is 15.8 Å². The number of carbonyl (C=O) groups excluding carboxylic acids is 3. The van der Waals surface area contributed by atoms with Crippen molar-refractivity contribution in [1.82, 2.24) is 5.43 Å². The maximum atomic E-state index is 12.1. The number of benzene rings is 2. The number of hydrogen-bond acceptors (Lipinski definition) is 7. The molecule has 12 heteroatoms. The molecule has 0 aromatic heterocycles. The molecule has 34 heavy (non-hydrogen) atoms. The van der Waals surface area contributed by atoms with Gasteiger partial charge in [0.15, 0.2) is 18.1 Å². The molecule has 0 radical (unpaired) electrons. The Morgan fingerprint density at radius 1 is 1.09 bits per heavy atom. The predicted molar refractivity (Wildman–Crippen MR) is 138 cm³/mol. The van der Waals surface area contributed by atoms with Gasteiger partial charge in [0.05, 0.1) is 38.7 Å². The van der Waals surface area contributed by atoms with Crippen LogP contribution in [0.3, 0.4) is 0 Å². The molecule has 0 aliphatic carbocycles. The zero-order valence-electron chi connectivity index (χ0n) is 18.3. The lowest BCUT2D eigenvalue weighted by Gasteiger charge is -2.14. The molecule has 0 aliphatic heterocycles. The van der Waals surface area contributed by atoms with Gasteiger partial charge in [-0.15, -0.1) is 0 Å². The van der Waals surface area contributed by atoms with E-state index in [1.807, 2.05) is 29.5 Å². The first-order chi connectivity index (χ1) is 16.2. The van der Waals surface area contributed by atoms with Crippen LogP contribution in [0.4, 0.5) is 5.69 Å². The highest BCUT2D eigenvalue weighted by molar-refractivity contribution is 14.1. The Labute approximate surface area is 220 Å². The second-order valence-corrected chi connectivity index (χ2v) is 8.42. The van der Waals surface area contributed by atoms with Crippen molar-refractivity contribution < 1.29 is 28.6 Å². The van der Waals surface area contributed by atoms with Gasteiger partial charge in [-0.3, -0.25) is 9.59 Å². The minimum Gasteiger partial charge on any atom is -0.490 e. The average molecular weight is 622 g/mol. The van der Waals surface area contributed by atoms with Crippen LogP contribution in [0.1, 0.15) is 25.8 Å². The monoisotopic (exact) mass is 621 g/mol. The van der Waals surface area contributed by atoms with Gasteiger partial charge in [-0.25, -0.2) is 10.2 Å². The van der Waals surface area contributed by atoms with E-state index >= 15 is 0 Å². The molecule has 2 amide bonds. The number of nitrogens with one attached hydrogen (secondary N) is 2. The number of carbonyl (C=O) groups is 3. The van der Waals surface area contributed by atoms with E-state index in [1.165, 1.54) is 6.21 Å². The zero-order chi connectivity index (χ0) is 25.1. The highest BCUT2D eigenvalue weighted by atomic mass is 127. The molecule has 0 spiro atoms. The maximum absolute atomic E-state index is 12.1. The van der Waals surface area contributed by atoms with E-state index < -0.39 is 24.2 Å². The van der Waals surface area contributed by atoms with Crippen LogP contribution < -0.4 is 20.2 Å². The lowest BCUT2D eigenvalue weighted by Crippen LogP contribution is -2.24. The molecule has 0 atom stereocenters. The number of halogens is 3. The summed E-state index contributed by atoms with van der Waals surface area (Å²) in [6, 6.07) is 8.15. The van der Waals surface area contributed by atoms with Crippen LogP contribution in [-0.2, 0) is 19.1 Å². The third-order valence-electron chi connectivity index (χ3n) is 3.92. The number of amides is 2. The Bertz CT molecular complexity index is 1080. The molecule has 0 heterocycles. The summed E-state index contributed by atoms with van der Waals surface area (Å²) in [7, 11) is 0. The van der Waals surface area contributed by atoms with Gasteiger partial charge in [0.1, 0.15) is 6.42 Å². The third-order valence-corrected chi connectivity index (χ3v) is 5.54. The standard InChI is InChI=1S/C22H22Cl2IN3O6/c1-3-32-17-9-13(8-15(25)22(17)34-12-20(31)33-4-2)11-26-28-19(30)10-18(29)27-16-7-5-6-14(23)21(16)24/h5-9,11H,3-4,10,12H2,1-2H3,(H,27,29)(H,28,30). The van der Waals surface area contributed by atoms with Crippen LogP contribution in [0.2, 0.25) is 10.0 Å². The van der Waals surface area contributed by atoms with Gasteiger partial charge < -0.3 is 19.5 Å². The molecule has 0 unspecified atom stereocenters. The van der Waals surface area contributed by atoms with Crippen molar-refractivity contribution in [3.63, 3.8) is 0 Å². The molecule has 2 N–H and O–H groups in total. The van der Waals surface area contributed by atoms with Crippen LogP contribution >= 0.6 is 45.8 Å². The van der Waals surface area contributed by atoms with Crippen LogP contribution in [0.25, 0.3) is 0 Å². The summed E-state index contributed by atoms with van der Waals surface area (Å²) in [6.07, 6.45) is 0.923. The topological polar surface area (TPSA) is 115 Å². The van der Waals surface area contributed by atoms with Gasteiger partial charge in [-0.2, -0.15) is 5.10 Å². The van der Waals surface area contributed by atoms with E-state index in [1.54, 1.807) is 37.3 Å². The molecule has 182 valence electrons. The highest BCUT2D eigenvalue weighted by Gasteiger charge is 2.15. The first-order valence-corrected chi connectivity index (χ1v) is 11.9. The number of esters is 1. The lowest BCUT2D eigenvalue weighted by atomic mass is 10.2. The molecule has 2 rings (SSSR count). The normalized spacial score (nSPS) is 10.6. The fraction of sp³-hybridized carbons (Fsp3) is 0.273. The van der Waals surface area contributed by atoms with Crippen molar-refractivity contribution in [1.29, 1.82) is 0 Å². The van der Waals surface area contributed by atoms with Gasteiger partial charge >= 0.3 is 5.97 Å². The fourth-order valence-electron chi connectivity index (χ4n) is 2.56. The summed E-state index contributed by atoms with van der Waals surface area (Å²) in [5.41, 5.74) is 3.20. The maximum Gasteiger partial charge on any atom is 0.344 e. The van der Waals surface area contributed by atoms with E-state index in [-0.39, 0.29) is 23.3 Å². The van der Waals surface area contributed by atoms with Crippen molar-refractivity contribution in [2.75, 3.05) is 25.1 Å². The van der Waals surface area contributed by atoms with Gasteiger partial charge in [-0.05, 0) is 66.3 Å². The smallest absolute Gasteiger partial charge is 0.344 e. The van der Waals surface area contributed by atoms with Crippen molar-refractivity contribution >= 4 is 75.5 Å². The number of ether oxygens (including phenoxy) is 3. The Hall–Kier alpha value is -2.57. The van der Waals surface area contributed by atoms with E-state index in [9.17, 15) is 14.4 Å². The molecule has 2 aromatic rings. The first-order valence-electron chi connectivity index (χ1n) is 10.1. The van der Waals surface area contributed by atoms with Gasteiger partial charge in [-0.1, -0.05) is 29.3 Å². The molecule has 0 aliphatic rings. The van der Waals surface area contributed by atoms with Gasteiger partial charge in [0, 0.05) is 0 Å². The summed E-state index contributed by atoms with van der Waals surface area (Å²) in [5.74, 6) is -0.887. The van der Waals surface area contributed by atoms with E-state index in [0.717, 1.165) is 0 Å². The molecule has 0 bridgehead atoms. The number of hydrogen-bond donors (Lipinski definition) is 2. The second-order valence-electron chi connectivity index (χ2n) is 6.48. The van der Waals surface area contributed by atoms with Crippen LogP contribution in [0.15, 0.2) is 35.4 Å². The molecule has 0 saturated heterocycles. The predicted octanol–water partition coefficient (Wildman–Crippen LogP) is 4.42. The SMILES string of the molecule is CCOC(=O)COc1c(I)cc(C=NNC(=O)CC(=O)Nc2cccc(Cl)c2Cl)cc1OCC. The fourth-order valence-corrected chi connectivity index (χ4v) is 3.69. The largest absolute Gasteiger partial charge is 0.490 e.